The summed E-state index contributed by atoms with van der Waals surface area (Å²) in [6, 6.07) is 0.382. The van der Waals surface area contributed by atoms with Gasteiger partial charge in [0, 0.05) is 32.0 Å². The molecule has 0 aromatic carbocycles. The van der Waals surface area contributed by atoms with E-state index in [2.05, 4.69) is 10.2 Å². The van der Waals surface area contributed by atoms with Gasteiger partial charge in [-0.05, 0) is 12.8 Å². The van der Waals surface area contributed by atoms with Crippen LogP contribution in [0.2, 0.25) is 0 Å². The molecule has 4 nitrogen and oxygen atoms in total. The van der Waals surface area contributed by atoms with Crippen molar-refractivity contribution in [2.75, 3.05) is 13.1 Å². The molecule has 1 amide bonds. The van der Waals surface area contributed by atoms with Crippen LogP contribution in [0.15, 0.2) is 0 Å². The van der Waals surface area contributed by atoms with Gasteiger partial charge in [-0.1, -0.05) is 0 Å². The van der Waals surface area contributed by atoms with Crippen LogP contribution in [0.5, 0.6) is 0 Å². The lowest BCUT2D eigenvalue weighted by Crippen LogP contribution is -2.48. The summed E-state index contributed by atoms with van der Waals surface area (Å²) in [6.07, 6.45) is 3.54. The molecule has 2 N–H and O–H groups in total. The van der Waals surface area contributed by atoms with Crippen LogP contribution in [0.4, 0.5) is 0 Å². The smallest absolute Gasteiger partial charge is 0.220 e. The van der Waals surface area contributed by atoms with Gasteiger partial charge in [0.1, 0.15) is 0 Å². The van der Waals surface area contributed by atoms with Crippen molar-refractivity contribution in [3.8, 4) is 0 Å². The van der Waals surface area contributed by atoms with Crippen LogP contribution in [0, 0.1) is 5.41 Å². The van der Waals surface area contributed by atoms with E-state index in [9.17, 15) is 4.79 Å². The van der Waals surface area contributed by atoms with Crippen LogP contribution in [0.3, 0.4) is 0 Å². The van der Waals surface area contributed by atoms with Crippen LogP contribution in [-0.2, 0) is 4.79 Å². The Morgan fingerprint density at radius 2 is 2.31 bits per heavy atom. The van der Waals surface area contributed by atoms with Gasteiger partial charge in [0.2, 0.25) is 5.91 Å². The average molecular weight is 181 g/mol. The third kappa shape index (κ3) is 1.66. The summed E-state index contributed by atoms with van der Waals surface area (Å²) in [7, 11) is 0. The fourth-order valence-electron chi connectivity index (χ4n) is 2.08. The van der Waals surface area contributed by atoms with Gasteiger partial charge in [-0.25, -0.2) is 0 Å². The number of rotatable bonds is 1. The lowest BCUT2D eigenvalue weighted by molar-refractivity contribution is -0.122. The van der Waals surface area contributed by atoms with E-state index < -0.39 is 0 Å². The van der Waals surface area contributed by atoms with Crippen molar-refractivity contribution in [3.63, 3.8) is 0 Å². The predicted molar refractivity (Wildman–Crippen MR) is 49.7 cm³/mol. The monoisotopic (exact) mass is 181 g/mol. The molecule has 0 aliphatic carbocycles. The second-order valence-electron chi connectivity index (χ2n) is 3.74. The van der Waals surface area contributed by atoms with Gasteiger partial charge in [-0.15, -0.1) is 0 Å². The lowest BCUT2D eigenvalue weighted by Gasteiger charge is -2.32. The number of amidine groups is 1. The molecular weight excluding hydrogens is 166 g/mol. The fraction of sp³-hybridized carbons (Fsp3) is 0.778. The van der Waals surface area contributed by atoms with Crippen molar-refractivity contribution >= 4 is 11.7 Å². The summed E-state index contributed by atoms with van der Waals surface area (Å²) in [5, 5.41) is 10.6. The van der Waals surface area contributed by atoms with E-state index in [0.717, 1.165) is 38.2 Å². The summed E-state index contributed by atoms with van der Waals surface area (Å²) < 4.78 is 0. The molecule has 0 bridgehead atoms. The number of likely N-dealkylation sites (tertiary alicyclic amines) is 1. The Morgan fingerprint density at radius 1 is 1.46 bits per heavy atom. The van der Waals surface area contributed by atoms with Crippen molar-refractivity contribution in [2.45, 2.75) is 31.7 Å². The minimum atomic E-state index is 0.155. The number of nitrogens with one attached hydrogen (secondary N) is 2. The molecule has 1 unspecified atom stereocenters. The third-order valence-corrected chi connectivity index (χ3v) is 2.84. The second-order valence-corrected chi connectivity index (χ2v) is 3.74. The number of nitrogens with zero attached hydrogens (tertiary/aromatic N) is 1. The first-order valence-electron chi connectivity index (χ1n) is 4.88. The summed E-state index contributed by atoms with van der Waals surface area (Å²) in [5.74, 6) is 0.906. The molecule has 1 atom stereocenters. The number of hydrogen-bond donors (Lipinski definition) is 2. The highest BCUT2D eigenvalue weighted by Gasteiger charge is 2.28. The Balaban J connectivity index is 1.93. The molecular formula is C9H15N3O. The highest BCUT2D eigenvalue weighted by molar-refractivity contribution is 5.82. The number of hydrogen-bond acceptors (Lipinski definition) is 2. The van der Waals surface area contributed by atoms with E-state index in [1.807, 2.05) is 0 Å². The van der Waals surface area contributed by atoms with Crippen LogP contribution in [0.1, 0.15) is 25.7 Å². The van der Waals surface area contributed by atoms with Gasteiger partial charge in [-0.3, -0.25) is 10.2 Å². The molecule has 2 fully saturated rings. The zero-order valence-electron chi connectivity index (χ0n) is 7.68. The Labute approximate surface area is 77.8 Å². The highest BCUT2D eigenvalue weighted by atomic mass is 16.1. The topological polar surface area (TPSA) is 56.2 Å². The van der Waals surface area contributed by atoms with E-state index in [1.165, 1.54) is 0 Å². The molecule has 4 heteroatoms. The molecule has 2 rings (SSSR count). The standard InChI is InChI=1S/C9H15N3O/c10-8-2-1-5-12(8)7-3-4-9(13)11-6-7/h7,10H,1-6H2,(H,11,13). The predicted octanol–water partition coefficient (Wildman–Crippen LogP) is 0.338. The third-order valence-electron chi connectivity index (χ3n) is 2.84. The maximum absolute atomic E-state index is 10.9. The Morgan fingerprint density at radius 3 is 2.85 bits per heavy atom. The normalized spacial score (nSPS) is 29.2. The van der Waals surface area contributed by atoms with Crippen molar-refractivity contribution < 1.29 is 4.79 Å². The molecule has 0 aromatic rings. The van der Waals surface area contributed by atoms with Crippen molar-refractivity contribution in [2.24, 2.45) is 0 Å². The zero-order chi connectivity index (χ0) is 9.26. The molecule has 0 aromatic heterocycles. The van der Waals surface area contributed by atoms with Crippen molar-refractivity contribution in [1.29, 1.82) is 5.41 Å². The molecule has 2 aliphatic heterocycles. The minimum Gasteiger partial charge on any atom is -0.356 e. The van der Waals surface area contributed by atoms with Gasteiger partial charge in [0.15, 0.2) is 0 Å². The quantitative estimate of drug-likeness (QED) is 0.613. The molecule has 0 radical (unpaired) electrons. The molecule has 0 spiro atoms. The van der Waals surface area contributed by atoms with E-state index in [0.29, 0.717) is 12.5 Å². The van der Waals surface area contributed by atoms with Crippen molar-refractivity contribution in [3.05, 3.63) is 0 Å². The van der Waals surface area contributed by atoms with Crippen LogP contribution in [0.25, 0.3) is 0 Å². The minimum absolute atomic E-state index is 0.155. The maximum Gasteiger partial charge on any atom is 0.220 e. The highest BCUT2D eigenvalue weighted by Crippen LogP contribution is 2.18. The molecule has 72 valence electrons. The number of carbonyl (C=O) groups excluding carboxylic acids is 1. The van der Waals surface area contributed by atoms with Gasteiger partial charge in [0.05, 0.1) is 5.84 Å². The molecule has 2 saturated heterocycles. The van der Waals surface area contributed by atoms with Gasteiger partial charge >= 0.3 is 0 Å². The lowest BCUT2D eigenvalue weighted by atomic mass is 10.1. The zero-order valence-corrected chi connectivity index (χ0v) is 7.68. The average Bonchev–Trinajstić information content (AvgIpc) is 2.53. The Kier molecular flexibility index (Phi) is 2.20. The van der Waals surface area contributed by atoms with E-state index in [-0.39, 0.29) is 5.91 Å². The molecule has 13 heavy (non-hydrogen) atoms. The van der Waals surface area contributed by atoms with Crippen LogP contribution < -0.4 is 5.32 Å². The number of carbonyl (C=O) groups is 1. The maximum atomic E-state index is 10.9. The van der Waals surface area contributed by atoms with E-state index >= 15 is 0 Å². The first-order valence-corrected chi connectivity index (χ1v) is 4.88. The van der Waals surface area contributed by atoms with Gasteiger partial charge in [0.25, 0.3) is 0 Å². The summed E-state index contributed by atoms with van der Waals surface area (Å²) >= 11 is 0. The first kappa shape index (κ1) is 8.53. The van der Waals surface area contributed by atoms with E-state index in [4.69, 9.17) is 5.41 Å². The number of piperidine rings is 1. The number of amides is 1. The summed E-state index contributed by atoms with van der Waals surface area (Å²) in [4.78, 5) is 13.1. The Bertz CT molecular complexity index is 229. The van der Waals surface area contributed by atoms with Gasteiger partial charge in [-0.2, -0.15) is 0 Å². The van der Waals surface area contributed by atoms with Crippen LogP contribution in [-0.4, -0.2) is 35.8 Å². The fourth-order valence-corrected chi connectivity index (χ4v) is 2.08. The van der Waals surface area contributed by atoms with E-state index in [1.54, 1.807) is 0 Å². The first-order chi connectivity index (χ1) is 6.27. The van der Waals surface area contributed by atoms with Crippen molar-refractivity contribution in [1.82, 2.24) is 10.2 Å². The summed E-state index contributed by atoms with van der Waals surface area (Å²) in [6.45, 7) is 1.72. The Hall–Kier alpha value is -1.06. The molecule has 2 aliphatic rings. The largest absolute Gasteiger partial charge is 0.356 e. The molecule has 2 heterocycles. The second kappa shape index (κ2) is 3.36. The van der Waals surface area contributed by atoms with Gasteiger partial charge < -0.3 is 10.2 Å². The SMILES string of the molecule is N=C1CCCN1C1CCC(=O)NC1. The summed E-state index contributed by atoms with van der Waals surface area (Å²) in [5.41, 5.74) is 0. The molecule has 0 saturated carbocycles. The van der Waals surface area contributed by atoms with Crippen LogP contribution >= 0.6 is 0 Å².